The lowest BCUT2D eigenvalue weighted by Crippen LogP contribution is -2.02. The summed E-state index contributed by atoms with van der Waals surface area (Å²) in [6.45, 7) is 2.61. The van der Waals surface area contributed by atoms with Crippen molar-refractivity contribution in [3.63, 3.8) is 0 Å². The lowest BCUT2D eigenvalue weighted by Gasteiger charge is -2.12. The highest BCUT2D eigenvalue weighted by Crippen LogP contribution is 2.32. The first-order valence-corrected chi connectivity index (χ1v) is 11.5. The van der Waals surface area contributed by atoms with E-state index >= 15 is 0 Å². The molecule has 1 aromatic carbocycles. The van der Waals surface area contributed by atoms with Crippen LogP contribution in [0.25, 0.3) is 17.1 Å². The Morgan fingerprint density at radius 1 is 1.10 bits per heavy atom. The fourth-order valence-electron chi connectivity index (χ4n) is 3.83. The van der Waals surface area contributed by atoms with Crippen LogP contribution in [0.4, 0.5) is 0 Å². The SMILES string of the molecule is CCOc1ccc(-n2c(SCc3noc4c3CCCC4)nnc2-c2cccnc2)cc1. The first-order valence-electron chi connectivity index (χ1n) is 10.5. The Morgan fingerprint density at radius 3 is 2.77 bits per heavy atom. The van der Waals surface area contributed by atoms with Gasteiger partial charge in [0.25, 0.3) is 0 Å². The number of fused-ring (bicyclic) bond motifs is 1. The smallest absolute Gasteiger partial charge is 0.196 e. The third-order valence-corrected chi connectivity index (χ3v) is 6.27. The number of ether oxygens (including phenoxy) is 1. The molecule has 1 aliphatic rings. The second-order valence-corrected chi connectivity index (χ2v) is 8.28. The highest BCUT2D eigenvalue weighted by Gasteiger charge is 2.21. The molecule has 0 N–H and O–H groups in total. The minimum atomic E-state index is 0.635. The van der Waals surface area contributed by atoms with Gasteiger partial charge in [-0.05, 0) is 62.6 Å². The molecule has 7 nitrogen and oxygen atoms in total. The molecule has 0 fully saturated rings. The number of aryl methyl sites for hydroxylation is 1. The molecule has 0 bridgehead atoms. The van der Waals surface area contributed by atoms with Gasteiger partial charge < -0.3 is 9.26 Å². The van der Waals surface area contributed by atoms with Crippen molar-refractivity contribution in [3.8, 4) is 22.8 Å². The number of pyridine rings is 1. The number of hydrogen-bond donors (Lipinski definition) is 0. The predicted octanol–water partition coefficient (Wildman–Crippen LogP) is 4.89. The van der Waals surface area contributed by atoms with Crippen molar-refractivity contribution >= 4 is 11.8 Å². The van der Waals surface area contributed by atoms with E-state index in [2.05, 4.69) is 24.9 Å². The van der Waals surface area contributed by atoms with Crippen LogP contribution in [0.1, 0.15) is 36.8 Å². The van der Waals surface area contributed by atoms with Gasteiger partial charge in [-0.3, -0.25) is 9.55 Å². The summed E-state index contributed by atoms with van der Waals surface area (Å²) in [4.78, 5) is 4.25. The molecule has 3 aromatic heterocycles. The van der Waals surface area contributed by atoms with Gasteiger partial charge in [-0.25, -0.2) is 0 Å². The lowest BCUT2D eigenvalue weighted by molar-refractivity contribution is 0.340. The van der Waals surface area contributed by atoms with E-state index < -0.39 is 0 Å². The van der Waals surface area contributed by atoms with Crippen LogP contribution in [-0.2, 0) is 18.6 Å². The third-order valence-electron chi connectivity index (χ3n) is 5.33. The first-order chi connectivity index (χ1) is 15.3. The maximum absolute atomic E-state index is 5.60. The van der Waals surface area contributed by atoms with E-state index in [1.807, 2.05) is 43.3 Å². The average molecular weight is 434 g/mol. The number of benzene rings is 1. The molecule has 4 aromatic rings. The highest BCUT2D eigenvalue weighted by molar-refractivity contribution is 7.98. The zero-order valence-electron chi connectivity index (χ0n) is 17.3. The maximum atomic E-state index is 5.60. The molecule has 5 rings (SSSR count). The lowest BCUT2D eigenvalue weighted by atomic mass is 9.97. The van der Waals surface area contributed by atoms with Gasteiger partial charge in [0.15, 0.2) is 11.0 Å². The number of thioether (sulfide) groups is 1. The van der Waals surface area contributed by atoms with Gasteiger partial charge >= 0.3 is 0 Å². The molecule has 0 aliphatic heterocycles. The topological polar surface area (TPSA) is 78.9 Å². The summed E-state index contributed by atoms with van der Waals surface area (Å²) in [6, 6.07) is 11.9. The summed E-state index contributed by atoms with van der Waals surface area (Å²) in [5, 5.41) is 14.1. The molecule has 31 heavy (non-hydrogen) atoms. The molecular formula is C23H23N5O2S. The molecule has 0 amide bonds. The van der Waals surface area contributed by atoms with E-state index in [1.54, 1.807) is 24.2 Å². The monoisotopic (exact) mass is 433 g/mol. The maximum Gasteiger partial charge on any atom is 0.196 e. The van der Waals surface area contributed by atoms with Crippen LogP contribution >= 0.6 is 11.8 Å². The Balaban J connectivity index is 1.48. The van der Waals surface area contributed by atoms with Crippen molar-refractivity contribution in [1.29, 1.82) is 0 Å². The summed E-state index contributed by atoms with van der Waals surface area (Å²) in [5.74, 6) is 3.33. The highest BCUT2D eigenvalue weighted by atomic mass is 32.2. The fraction of sp³-hybridized carbons (Fsp3) is 0.304. The van der Waals surface area contributed by atoms with Gasteiger partial charge in [0.2, 0.25) is 0 Å². The number of aromatic nitrogens is 5. The van der Waals surface area contributed by atoms with Crippen LogP contribution in [-0.4, -0.2) is 31.5 Å². The van der Waals surface area contributed by atoms with Crippen LogP contribution < -0.4 is 4.74 Å². The van der Waals surface area contributed by atoms with E-state index in [9.17, 15) is 0 Å². The van der Waals surface area contributed by atoms with E-state index in [1.165, 1.54) is 18.4 Å². The summed E-state index contributed by atoms with van der Waals surface area (Å²) in [7, 11) is 0. The summed E-state index contributed by atoms with van der Waals surface area (Å²) in [5.41, 5.74) is 4.17. The van der Waals surface area contributed by atoms with Gasteiger partial charge in [-0.1, -0.05) is 16.9 Å². The Bertz CT molecular complexity index is 1150. The van der Waals surface area contributed by atoms with Crippen LogP contribution in [0.5, 0.6) is 5.75 Å². The molecule has 0 saturated heterocycles. The molecular weight excluding hydrogens is 410 g/mol. The van der Waals surface area contributed by atoms with Gasteiger partial charge in [0, 0.05) is 41.4 Å². The molecule has 3 heterocycles. The average Bonchev–Trinajstić information content (AvgIpc) is 3.43. The Kier molecular flexibility index (Phi) is 5.71. The predicted molar refractivity (Wildman–Crippen MR) is 118 cm³/mol. The van der Waals surface area contributed by atoms with Crippen LogP contribution in [0.15, 0.2) is 58.5 Å². The minimum absolute atomic E-state index is 0.635. The minimum Gasteiger partial charge on any atom is -0.494 e. The third kappa shape index (κ3) is 4.07. The summed E-state index contributed by atoms with van der Waals surface area (Å²) < 4.78 is 13.2. The van der Waals surface area contributed by atoms with E-state index in [0.717, 1.165) is 52.3 Å². The standard InChI is InChI=1S/C23H23N5O2S/c1-2-29-18-11-9-17(10-12-18)28-22(16-6-5-13-24-14-16)25-26-23(28)31-15-20-19-7-3-4-8-21(19)30-27-20/h5-6,9-14H,2-4,7-8,15H2,1H3. The van der Waals surface area contributed by atoms with Gasteiger partial charge in [-0.15, -0.1) is 10.2 Å². The molecule has 1 aliphatic carbocycles. The fourth-order valence-corrected chi connectivity index (χ4v) is 4.74. The molecule has 0 saturated carbocycles. The molecule has 0 radical (unpaired) electrons. The van der Waals surface area contributed by atoms with Crippen molar-refractivity contribution in [2.75, 3.05) is 6.61 Å². The quantitative estimate of drug-likeness (QED) is 0.384. The largest absolute Gasteiger partial charge is 0.494 e. The second-order valence-electron chi connectivity index (χ2n) is 7.34. The van der Waals surface area contributed by atoms with Gasteiger partial charge in [0.1, 0.15) is 11.5 Å². The number of rotatable bonds is 7. The normalized spacial score (nSPS) is 13.2. The van der Waals surface area contributed by atoms with E-state index in [-0.39, 0.29) is 0 Å². The Hall–Kier alpha value is -3.13. The van der Waals surface area contributed by atoms with Gasteiger partial charge in [0.05, 0.1) is 12.3 Å². The molecule has 158 valence electrons. The Morgan fingerprint density at radius 2 is 1.97 bits per heavy atom. The molecule has 0 unspecified atom stereocenters. The van der Waals surface area contributed by atoms with E-state index in [0.29, 0.717) is 12.4 Å². The molecule has 0 atom stereocenters. The Labute approximate surface area is 184 Å². The van der Waals surface area contributed by atoms with Crippen molar-refractivity contribution in [3.05, 3.63) is 65.8 Å². The summed E-state index contributed by atoms with van der Waals surface area (Å²) in [6.07, 6.45) is 7.96. The number of nitrogens with zero attached hydrogens (tertiary/aromatic N) is 5. The van der Waals surface area contributed by atoms with Crippen LogP contribution in [0.3, 0.4) is 0 Å². The summed E-state index contributed by atoms with van der Waals surface area (Å²) >= 11 is 1.62. The van der Waals surface area contributed by atoms with Crippen molar-refractivity contribution in [1.82, 2.24) is 24.9 Å². The van der Waals surface area contributed by atoms with Crippen LogP contribution in [0, 0.1) is 0 Å². The van der Waals surface area contributed by atoms with E-state index in [4.69, 9.17) is 9.26 Å². The van der Waals surface area contributed by atoms with Gasteiger partial charge in [-0.2, -0.15) is 0 Å². The first kappa shape index (κ1) is 19.8. The molecule has 8 heteroatoms. The zero-order valence-corrected chi connectivity index (χ0v) is 18.1. The second kappa shape index (κ2) is 8.93. The van der Waals surface area contributed by atoms with Crippen molar-refractivity contribution in [2.24, 2.45) is 0 Å². The molecule has 0 spiro atoms. The van der Waals surface area contributed by atoms with Crippen molar-refractivity contribution in [2.45, 2.75) is 43.5 Å². The number of hydrogen-bond acceptors (Lipinski definition) is 7. The van der Waals surface area contributed by atoms with Crippen molar-refractivity contribution < 1.29 is 9.26 Å². The van der Waals surface area contributed by atoms with Crippen LogP contribution in [0.2, 0.25) is 0 Å². The zero-order chi connectivity index (χ0) is 21.0.